The van der Waals surface area contributed by atoms with Crippen LogP contribution < -0.4 is 34.4 Å². The quantitative estimate of drug-likeness (QED) is 0.101. The molecule has 1 aromatic rings. The van der Waals surface area contributed by atoms with Crippen molar-refractivity contribution in [3.05, 3.63) is 35.9 Å². The summed E-state index contributed by atoms with van der Waals surface area (Å²) in [6, 6.07) is 5.31. The fraction of sp³-hybridized carbons (Fsp3) is 0.538. The zero-order chi connectivity index (χ0) is 35.4. The van der Waals surface area contributed by atoms with Crippen LogP contribution in [0.2, 0.25) is 0 Å². The average molecular weight is 637 g/mol. The van der Waals surface area contributed by atoms with Crippen molar-refractivity contribution in [3.8, 4) is 0 Å². The van der Waals surface area contributed by atoms with Crippen molar-refractivity contribution in [3.63, 3.8) is 0 Å². The molecule has 254 valence electrons. The van der Waals surface area contributed by atoms with E-state index in [0.29, 0.717) is 19.4 Å². The van der Waals surface area contributed by atoms with Crippen molar-refractivity contribution >= 4 is 35.8 Å². The van der Waals surface area contributed by atoms with E-state index in [1.54, 1.807) is 0 Å². The molecule has 1 aromatic carbocycles. The second-order valence-corrected chi connectivity index (χ2v) is 8.99. The molecular formula is C26H48N6O12. The smallest absolute Gasteiger partial charge is 0.320 e. The molecule has 0 spiro atoms. The standard InChI is InChI=1S/C9H11NO2.C6H14N2O2.C5H9NO4.2C3H7NO2/c10-8(9(11)12)6-7-4-2-1-3-5-7;7-4-2-1-3-5(8)6(9)10;6-3(5(9)10)1-2-4(7)8;2*1-2(4)3(5)6/h1-5,8H,6,10H2,(H,11,12);5H,1-4,7-8H2,(H,9,10);3H,1-2,6H2,(H,7,8)(H,9,10);2*2H,4H2,1H3,(H,5,6)/t8-;5-;3-;2*2-/m00000/s1. The highest BCUT2D eigenvalue weighted by Crippen LogP contribution is 2.01. The summed E-state index contributed by atoms with van der Waals surface area (Å²) in [6.07, 6.45) is 2.33. The number of hydrogen-bond acceptors (Lipinski definition) is 12. The number of hydrogen-bond donors (Lipinski definition) is 12. The zero-order valence-electron chi connectivity index (χ0n) is 24.8. The van der Waals surface area contributed by atoms with E-state index in [-0.39, 0.29) is 12.8 Å². The second-order valence-electron chi connectivity index (χ2n) is 8.99. The van der Waals surface area contributed by atoms with Gasteiger partial charge in [0.05, 0.1) is 0 Å². The van der Waals surface area contributed by atoms with Gasteiger partial charge in [0.2, 0.25) is 0 Å². The fourth-order valence-electron chi connectivity index (χ4n) is 1.99. The summed E-state index contributed by atoms with van der Waals surface area (Å²) >= 11 is 0. The maximum atomic E-state index is 10.4. The van der Waals surface area contributed by atoms with Gasteiger partial charge in [-0.15, -0.1) is 0 Å². The van der Waals surface area contributed by atoms with Crippen LogP contribution in [-0.2, 0) is 35.2 Å². The van der Waals surface area contributed by atoms with E-state index >= 15 is 0 Å². The molecule has 1 rings (SSSR count). The highest BCUT2D eigenvalue weighted by Gasteiger charge is 2.12. The summed E-state index contributed by atoms with van der Waals surface area (Å²) in [5.74, 6) is -6.01. The molecule has 0 aliphatic heterocycles. The second kappa shape index (κ2) is 28.9. The van der Waals surface area contributed by atoms with Gasteiger partial charge in [0.15, 0.2) is 0 Å². The van der Waals surface area contributed by atoms with Gasteiger partial charge >= 0.3 is 35.8 Å². The lowest BCUT2D eigenvalue weighted by molar-refractivity contribution is -0.141. The fourth-order valence-corrected chi connectivity index (χ4v) is 1.99. The van der Waals surface area contributed by atoms with Gasteiger partial charge in [0.25, 0.3) is 0 Å². The first kappa shape index (κ1) is 46.7. The van der Waals surface area contributed by atoms with Gasteiger partial charge in [-0.25, -0.2) is 0 Å². The summed E-state index contributed by atoms with van der Waals surface area (Å²) in [6.45, 7) is 3.44. The molecule has 0 aliphatic rings. The number of nitrogens with two attached hydrogens (primary N) is 6. The van der Waals surface area contributed by atoms with Crippen LogP contribution in [0, 0.1) is 0 Å². The average Bonchev–Trinajstić information content (AvgIpc) is 2.93. The third kappa shape index (κ3) is 35.8. The summed E-state index contributed by atoms with van der Waals surface area (Å²) in [5.41, 5.74) is 31.4. The van der Waals surface area contributed by atoms with E-state index in [2.05, 4.69) is 0 Å². The number of benzene rings is 1. The van der Waals surface area contributed by atoms with E-state index in [0.717, 1.165) is 18.4 Å². The highest BCUT2D eigenvalue weighted by molar-refractivity contribution is 5.75. The molecule has 18 heteroatoms. The van der Waals surface area contributed by atoms with Crippen LogP contribution in [0.5, 0.6) is 0 Å². The lowest BCUT2D eigenvalue weighted by atomic mass is 10.1. The number of rotatable bonds is 14. The summed E-state index contributed by atoms with van der Waals surface area (Å²) in [4.78, 5) is 59.5. The van der Waals surface area contributed by atoms with Gasteiger partial charge in [-0.05, 0) is 51.6 Å². The third-order valence-corrected chi connectivity index (χ3v) is 4.67. The van der Waals surface area contributed by atoms with Crippen molar-refractivity contribution in [2.75, 3.05) is 6.54 Å². The molecule has 0 heterocycles. The zero-order valence-corrected chi connectivity index (χ0v) is 24.8. The monoisotopic (exact) mass is 636 g/mol. The van der Waals surface area contributed by atoms with E-state index in [1.165, 1.54) is 13.8 Å². The molecule has 0 radical (unpaired) electrons. The molecule has 0 aromatic heterocycles. The number of aliphatic carboxylic acids is 6. The number of carbonyl (C=O) groups is 6. The van der Waals surface area contributed by atoms with E-state index in [4.69, 9.17) is 65.0 Å². The van der Waals surface area contributed by atoms with Crippen molar-refractivity contribution in [1.82, 2.24) is 0 Å². The van der Waals surface area contributed by atoms with Gasteiger partial charge in [0.1, 0.15) is 30.2 Å². The molecule has 0 bridgehead atoms. The number of carboxylic acids is 6. The van der Waals surface area contributed by atoms with Crippen LogP contribution in [0.1, 0.15) is 51.5 Å². The topological polar surface area (TPSA) is 380 Å². The molecule has 0 amide bonds. The van der Waals surface area contributed by atoms with Crippen LogP contribution in [0.25, 0.3) is 0 Å². The summed E-state index contributed by atoms with van der Waals surface area (Å²) in [7, 11) is 0. The molecule has 5 atom stereocenters. The lowest BCUT2D eigenvalue weighted by Crippen LogP contribution is -2.32. The molecular weight excluding hydrogens is 588 g/mol. The molecule has 0 fully saturated rings. The van der Waals surface area contributed by atoms with Crippen molar-refractivity contribution < 1.29 is 59.4 Å². The largest absolute Gasteiger partial charge is 0.481 e. The number of carboxylic acid groups (broad SMARTS) is 6. The van der Waals surface area contributed by atoms with Crippen molar-refractivity contribution in [2.24, 2.45) is 34.4 Å². The molecule has 0 aliphatic carbocycles. The lowest BCUT2D eigenvalue weighted by Gasteiger charge is -2.04. The van der Waals surface area contributed by atoms with Crippen LogP contribution in [0.15, 0.2) is 30.3 Å². The Morgan fingerprint density at radius 1 is 0.591 bits per heavy atom. The molecule has 44 heavy (non-hydrogen) atoms. The van der Waals surface area contributed by atoms with Crippen LogP contribution in [-0.4, -0.2) is 103 Å². The SMILES string of the molecule is C[C@H](N)C(=O)O.C[C@H](N)C(=O)O.NCCCC[C@H](N)C(=O)O.N[C@@H](CCC(=O)O)C(=O)O.N[C@@H](Cc1ccccc1)C(=O)O. The van der Waals surface area contributed by atoms with Gasteiger partial charge in [-0.3, -0.25) is 28.8 Å². The van der Waals surface area contributed by atoms with Crippen molar-refractivity contribution in [1.29, 1.82) is 0 Å². The minimum absolute atomic E-state index is 0.0231. The van der Waals surface area contributed by atoms with Gasteiger partial charge in [-0.2, -0.15) is 0 Å². The Balaban J connectivity index is -0.000000234. The minimum atomic E-state index is -1.17. The van der Waals surface area contributed by atoms with E-state index in [9.17, 15) is 28.8 Å². The Morgan fingerprint density at radius 2 is 0.955 bits per heavy atom. The molecule has 18 nitrogen and oxygen atoms in total. The highest BCUT2D eigenvalue weighted by atomic mass is 16.4. The Labute approximate surface area is 255 Å². The van der Waals surface area contributed by atoms with Gasteiger partial charge in [0, 0.05) is 6.42 Å². The normalized spacial score (nSPS) is 12.9. The van der Waals surface area contributed by atoms with E-state index < -0.39 is 66.0 Å². The first-order valence-corrected chi connectivity index (χ1v) is 13.1. The van der Waals surface area contributed by atoms with Crippen LogP contribution >= 0.6 is 0 Å². The summed E-state index contributed by atoms with van der Waals surface area (Å²) in [5, 5.41) is 48.8. The predicted molar refractivity (Wildman–Crippen MR) is 159 cm³/mol. The number of unbranched alkanes of at least 4 members (excludes halogenated alkanes) is 1. The van der Waals surface area contributed by atoms with E-state index in [1.807, 2.05) is 30.3 Å². The van der Waals surface area contributed by atoms with Gasteiger partial charge < -0.3 is 65.0 Å². The predicted octanol–water partition coefficient (Wildman–Crippen LogP) is -1.73. The van der Waals surface area contributed by atoms with Crippen LogP contribution in [0.4, 0.5) is 0 Å². The maximum Gasteiger partial charge on any atom is 0.320 e. The Hall–Kier alpha value is -4.20. The Bertz CT molecular complexity index is 946. The molecule has 0 saturated carbocycles. The van der Waals surface area contributed by atoms with Crippen LogP contribution in [0.3, 0.4) is 0 Å². The maximum absolute atomic E-state index is 10.4. The molecule has 0 saturated heterocycles. The summed E-state index contributed by atoms with van der Waals surface area (Å²) < 4.78 is 0. The van der Waals surface area contributed by atoms with Gasteiger partial charge in [-0.1, -0.05) is 36.8 Å². The molecule has 18 N–H and O–H groups in total. The first-order chi connectivity index (χ1) is 20.2. The molecule has 0 unspecified atom stereocenters. The van der Waals surface area contributed by atoms with Crippen molar-refractivity contribution in [2.45, 2.75) is 82.6 Å². The third-order valence-electron chi connectivity index (χ3n) is 4.67. The Morgan fingerprint density at radius 3 is 1.25 bits per heavy atom. The first-order valence-electron chi connectivity index (χ1n) is 13.1. The Kier molecular flexibility index (Phi) is 30.7. The minimum Gasteiger partial charge on any atom is -0.481 e.